The maximum Gasteiger partial charge on any atom is 0.415 e. The number of aliphatic hydroxyl groups is 1. The van der Waals surface area contributed by atoms with Crippen LogP contribution >= 0.6 is 11.8 Å². The molecule has 0 heterocycles. The molecule has 0 aromatic carbocycles. The van der Waals surface area contributed by atoms with Crippen LogP contribution in [0.15, 0.2) is 0 Å². The third-order valence-corrected chi connectivity index (χ3v) is 3.42. The lowest BCUT2D eigenvalue weighted by molar-refractivity contribution is -0.195. The summed E-state index contributed by atoms with van der Waals surface area (Å²) in [5, 5.41) is 8.71. The van der Waals surface area contributed by atoms with Gasteiger partial charge in [0.25, 0.3) is 0 Å². The second-order valence-corrected chi connectivity index (χ2v) is 5.05. The van der Waals surface area contributed by atoms with Gasteiger partial charge in [-0.15, -0.1) is 0 Å². The van der Waals surface area contributed by atoms with Crippen LogP contribution in [-0.2, 0) is 0 Å². The van der Waals surface area contributed by atoms with E-state index in [9.17, 15) is 13.2 Å². The van der Waals surface area contributed by atoms with Crippen LogP contribution in [0.25, 0.3) is 0 Å². The average Bonchev–Trinajstić information content (AvgIpc) is 2.20. The Morgan fingerprint density at radius 3 is 2.19 bits per heavy atom. The third-order valence-electron chi connectivity index (χ3n) is 2.30. The van der Waals surface area contributed by atoms with Crippen LogP contribution in [0, 0.1) is 0 Å². The van der Waals surface area contributed by atoms with E-state index in [0.29, 0.717) is 5.75 Å². The Labute approximate surface area is 99.8 Å². The minimum Gasteiger partial charge on any atom is -0.383 e. The van der Waals surface area contributed by atoms with Crippen LogP contribution in [0.4, 0.5) is 13.2 Å². The predicted molar refractivity (Wildman–Crippen MR) is 62.8 cm³/mol. The highest BCUT2D eigenvalue weighted by Crippen LogP contribution is 2.23. The van der Waals surface area contributed by atoms with Crippen molar-refractivity contribution in [1.82, 2.24) is 0 Å². The molecular formula is C11H21F3OS. The van der Waals surface area contributed by atoms with Crippen molar-refractivity contribution in [3.05, 3.63) is 0 Å². The molecule has 1 nitrogen and oxygen atoms in total. The molecule has 5 heteroatoms. The van der Waals surface area contributed by atoms with Gasteiger partial charge in [-0.3, -0.25) is 0 Å². The van der Waals surface area contributed by atoms with Crippen molar-refractivity contribution in [1.29, 1.82) is 0 Å². The molecule has 0 aliphatic rings. The zero-order chi connectivity index (χ0) is 12.4. The fraction of sp³-hybridized carbons (Fsp3) is 1.00. The molecule has 0 fully saturated rings. The summed E-state index contributed by atoms with van der Waals surface area (Å²) in [6.45, 7) is 2.15. The van der Waals surface area contributed by atoms with E-state index in [0.717, 1.165) is 19.3 Å². The summed E-state index contributed by atoms with van der Waals surface area (Å²) < 4.78 is 35.7. The summed E-state index contributed by atoms with van der Waals surface area (Å²) in [6.07, 6.45) is 0.203. The summed E-state index contributed by atoms with van der Waals surface area (Å²) in [7, 11) is 0. The van der Waals surface area contributed by atoms with Gasteiger partial charge in [0.05, 0.1) is 0 Å². The Morgan fingerprint density at radius 1 is 1.06 bits per heavy atom. The van der Waals surface area contributed by atoms with Crippen molar-refractivity contribution in [3.63, 3.8) is 0 Å². The number of rotatable bonds is 9. The summed E-state index contributed by atoms with van der Waals surface area (Å²) >= 11 is 1.18. The first kappa shape index (κ1) is 16.1. The van der Waals surface area contributed by atoms with Crippen molar-refractivity contribution < 1.29 is 18.3 Å². The van der Waals surface area contributed by atoms with Gasteiger partial charge in [-0.2, -0.15) is 24.9 Å². The average molecular weight is 258 g/mol. The van der Waals surface area contributed by atoms with Crippen molar-refractivity contribution in [2.75, 3.05) is 11.5 Å². The van der Waals surface area contributed by atoms with Crippen LogP contribution in [0.3, 0.4) is 0 Å². The summed E-state index contributed by atoms with van der Waals surface area (Å²) in [6, 6.07) is 0. The van der Waals surface area contributed by atoms with E-state index in [1.54, 1.807) is 0 Å². The molecule has 0 spiro atoms. The van der Waals surface area contributed by atoms with E-state index in [4.69, 9.17) is 5.11 Å². The molecule has 0 aliphatic heterocycles. The fourth-order valence-electron chi connectivity index (χ4n) is 1.27. The first-order chi connectivity index (χ1) is 7.48. The van der Waals surface area contributed by atoms with Gasteiger partial charge in [0, 0.05) is 5.75 Å². The van der Waals surface area contributed by atoms with Crippen LogP contribution in [0.2, 0.25) is 0 Å². The molecule has 0 aromatic heterocycles. The molecule has 0 aliphatic carbocycles. The van der Waals surface area contributed by atoms with Crippen molar-refractivity contribution in [2.45, 2.75) is 57.7 Å². The van der Waals surface area contributed by atoms with E-state index in [1.807, 2.05) is 0 Å². The van der Waals surface area contributed by atoms with Gasteiger partial charge >= 0.3 is 6.18 Å². The van der Waals surface area contributed by atoms with E-state index >= 15 is 0 Å². The molecule has 0 rings (SSSR count). The Kier molecular flexibility index (Phi) is 9.22. The van der Waals surface area contributed by atoms with Gasteiger partial charge in [0.15, 0.2) is 6.10 Å². The van der Waals surface area contributed by atoms with Crippen LogP contribution in [-0.4, -0.2) is 28.9 Å². The smallest absolute Gasteiger partial charge is 0.383 e. The summed E-state index contributed by atoms with van der Waals surface area (Å²) in [4.78, 5) is 0. The van der Waals surface area contributed by atoms with Gasteiger partial charge < -0.3 is 5.11 Å². The third kappa shape index (κ3) is 9.33. The Morgan fingerprint density at radius 2 is 1.62 bits per heavy atom. The zero-order valence-corrected chi connectivity index (χ0v) is 10.5. The molecule has 1 N–H and O–H groups in total. The minimum atomic E-state index is -4.46. The molecule has 16 heavy (non-hydrogen) atoms. The molecule has 0 saturated carbocycles. The lowest BCUT2D eigenvalue weighted by Crippen LogP contribution is -2.30. The van der Waals surface area contributed by atoms with Crippen molar-refractivity contribution in [3.8, 4) is 0 Å². The number of hydrogen-bond donors (Lipinski definition) is 1. The molecule has 1 atom stereocenters. The maximum absolute atomic E-state index is 11.9. The van der Waals surface area contributed by atoms with E-state index < -0.39 is 12.3 Å². The Balaban J connectivity index is 3.21. The number of aliphatic hydroxyl groups excluding tert-OH is 1. The topological polar surface area (TPSA) is 20.2 Å². The first-order valence-corrected chi connectivity index (χ1v) is 6.96. The van der Waals surface area contributed by atoms with Crippen LogP contribution in [0.1, 0.15) is 45.4 Å². The van der Waals surface area contributed by atoms with Gasteiger partial charge in [-0.05, 0) is 12.2 Å². The van der Waals surface area contributed by atoms with Crippen LogP contribution in [0.5, 0.6) is 0 Å². The minimum absolute atomic E-state index is 0.238. The number of unbranched alkanes of at least 4 members (excludes halogenated alkanes) is 5. The van der Waals surface area contributed by atoms with Gasteiger partial charge in [0.1, 0.15) is 0 Å². The second-order valence-electron chi connectivity index (χ2n) is 3.90. The SMILES string of the molecule is CCCCCCCCSC[C@@H](O)C(F)(F)F. The largest absolute Gasteiger partial charge is 0.415 e. The Hall–Kier alpha value is 0.100. The van der Waals surface area contributed by atoms with E-state index in [-0.39, 0.29) is 5.75 Å². The lowest BCUT2D eigenvalue weighted by Gasteiger charge is -2.13. The molecule has 0 aromatic rings. The molecular weight excluding hydrogens is 237 g/mol. The molecule has 0 saturated heterocycles. The highest BCUT2D eigenvalue weighted by molar-refractivity contribution is 7.99. The van der Waals surface area contributed by atoms with Gasteiger partial charge in [-0.25, -0.2) is 0 Å². The molecule has 0 amide bonds. The zero-order valence-electron chi connectivity index (χ0n) is 9.72. The predicted octanol–water partition coefficient (Wildman–Crippen LogP) is 4.00. The maximum atomic E-state index is 11.9. The number of alkyl halides is 3. The van der Waals surface area contributed by atoms with E-state index in [1.165, 1.54) is 31.0 Å². The quantitative estimate of drug-likeness (QED) is 0.631. The highest BCUT2D eigenvalue weighted by atomic mass is 32.2. The van der Waals surface area contributed by atoms with Crippen molar-refractivity contribution >= 4 is 11.8 Å². The van der Waals surface area contributed by atoms with Crippen molar-refractivity contribution in [2.24, 2.45) is 0 Å². The lowest BCUT2D eigenvalue weighted by atomic mass is 10.1. The fourth-order valence-corrected chi connectivity index (χ4v) is 2.26. The number of hydrogen-bond acceptors (Lipinski definition) is 2. The first-order valence-electron chi connectivity index (χ1n) is 5.81. The van der Waals surface area contributed by atoms with Crippen LogP contribution < -0.4 is 0 Å². The second kappa shape index (κ2) is 9.16. The highest BCUT2D eigenvalue weighted by Gasteiger charge is 2.37. The standard InChI is InChI=1S/C11H21F3OS/c1-2-3-4-5-6-7-8-16-9-10(15)11(12,13)14/h10,15H,2-9H2,1H3/t10-/m1/s1. The molecule has 98 valence electrons. The monoisotopic (exact) mass is 258 g/mol. The number of thioether (sulfide) groups is 1. The molecule has 0 unspecified atom stereocenters. The summed E-state index contributed by atoms with van der Waals surface area (Å²) in [5.41, 5.74) is 0. The molecule has 0 bridgehead atoms. The van der Waals surface area contributed by atoms with Gasteiger partial charge in [0.2, 0.25) is 0 Å². The normalized spacial score (nSPS) is 14.1. The van der Waals surface area contributed by atoms with E-state index in [2.05, 4.69) is 6.92 Å². The van der Waals surface area contributed by atoms with Gasteiger partial charge in [-0.1, -0.05) is 39.0 Å². The Bertz CT molecular complexity index is 162. The molecule has 0 radical (unpaired) electrons. The number of halogens is 3. The summed E-state index contributed by atoms with van der Waals surface area (Å²) in [5.74, 6) is 0.470.